The molecule has 0 heterocycles. The highest BCUT2D eigenvalue weighted by atomic mass is 79.9. The van der Waals surface area contributed by atoms with Crippen molar-refractivity contribution in [1.29, 1.82) is 0 Å². The first-order valence-electron chi connectivity index (χ1n) is 6.71. The van der Waals surface area contributed by atoms with Crippen LogP contribution in [0, 0.1) is 24.6 Å². The highest BCUT2D eigenvalue weighted by molar-refractivity contribution is 9.10. The van der Waals surface area contributed by atoms with Gasteiger partial charge in [-0.3, -0.25) is 0 Å². The molecule has 1 aliphatic carbocycles. The van der Waals surface area contributed by atoms with Crippen LogP contribution in [0.4, 0.5) is 10.1 Å². The molecule has 2 rings (SSSR count). The molecule has 1 nitrogen and oxygen atoms in total. The maximum atomic E-state index is 13.6. The number of anilines is 1. The maximum Gasteiger partial charge on any atom is 0.139 e. The molecule has 1 aliphatic rings. The lowest BCUT2D eigenvalue weighted by molar-refractivity contribution is 0.268. The second-order valence-corrected chi connectivity index (χ2v) is 6.49. The van der Waals surface area contributed by atoms with Crippen molar-refractivity contribution in [3.05, 3.63) is 28.0 Å². The lowest BCUT2D eigenvalue weighted by Gasteiger charge is -2.36. The van der Waals surface area contributed by atoms with E-state index in [-0.39, 0.29) is 5.82 Å². The number of rotatable bonds is 2. The Morgan fingerprint density at radius 2 is 1.83 bits per heavy atom. The fourth-order valence-electron chi connectivity index (χ4n) is 2.95. The van der Waals surface area contributed by atoms with Crippen molar-refractivity contribution in [2.75, 3.05) is 5.32 Å². The van der Waals surface area contributed by atoms with E-state index in [1.165, 1.54) is 19.3 Å². The molecule has 18 heavy (non-hydrogen) atoms. The summed E-state index contributed by atoms with van der Waals surface area (Å²) in [5.74, 6) is 1.11. The van der Waals surface area contributed by atoms with Gasteiger partial charge in [0.05, 0.1) is 4.47 Å². The van der Waals surface area contributed by atoms with Crippen LogP contribution in [0.1, 0.15) is 38.7 Å². The molecule has 1 fully saturated rings. The number of nitrogens with one attached hydrogen (secondary N) is 1. The van der Waals surface area contributed by atoms with Crippen LogP contribution in [0.3, 0.4) is 0 Å². The van der Waals surface area contributed by atoms with Crippen LogP contribution in [0.15, 0.2) is 16.6 Å². The molecule has 1 saturated carbocycles. The maximum absolute atomic E-state index is 13.6. The fraction of sp³-hybridized carbons (Fsp3) is 0.600. The molecule has 0 aliphatic heterocycles. The highest BCUT2D eigenvalue weighted by Crippen LogP contribution is 2.33. The summed E-state index contributed by atoms with van der Waals surface area (Å²) in [6.45, 7) is 6.60. The highest BCUT2D eigenvalue weighted by Gasteiger charge is 2.27. The van der Waals surface area contributed by atoms with Gasteiger partial charge < -0.3 is 5.32 Å². The largest absolute Gasteiger partial charge is 0.381 e. The van der Waals surface area contributed by atoms with E-state index in [4.69, 9.17) is 0 Å². The van der Waals surface area contributed by atoms with Crippen LogP contribution < -0.4 is 5.32 Å². The molecule has 0 aromatic heterocycles. The van der Waals surface area contributed by atoms with Crippen LogP contribution in [0.5, 0.6) is 0 Å². The van der Waals surface area contributed by atoms with Gasteiger partial charge in [0.15, 0.2) is 0 Å². The van der Waals surface area contributed by atoms with Gasteiger partial charge in [0.25, 0.3) is 0 Å². The number of hydrogen-bond acceptors (Lipinski definition) is 1. The lowest BCUT2D eigenvalue weighted by Crippen LogP contribution is -2.37. The van der Waals surface area contributed by atoms with Gasteiger partial charge in [0, 0.05) is 11.7 Å². The zero-order valence-electron chi connectivity index (χ0n) is 11.3. The van der Waals surface area contributed by atoms with E-state index in [2.05, 4.69) is 35.1 Å². The Kier molecular flexibility index (Phi) is 4.31. The molecule has 0 radical (unpaired) electrons. The minimum Gasteiger partial charge on any atom is -0.381 e. The van der Waals surface area contributed by atoms with E-state index < -0.39 is 0 Å². The summed E-state index contributed by atoms with van der Waals surface area (Å²) >= 11 is 3.23. The van der Waals surface area contributed by atoms with Crippen molar-refractivity contribution >= 4 is 21.6 Å². The van der Waals surface area contributed by atoms with Crippen LogP contribution in [-0.2, 0) is 0 Å². The van der Waals surface area contributed by atoms with Gasteiger partial charge >= 0.3 is 0 Å². The molecule has 1 N–H and O–H groups in total. The molecule has 2 atom stereocenters. The molecule has 0 spiro atoms. The average Bonchev–Trinajstić information content (AvgIpc) is 2.30. The Hall–Kier alpha value is -0.570. The SMILES string of the molecule is Cc1cc(Br)c(F)cc1NC1C(C)CCCC1C. The standard InChI is InChI=1S/C15H21BrFN/c1-9-5-4-6-10(2)15(9)18-14-8-13(17)12(16)7-11(14)3/h7-10,15,18H,4-6H2,1-3H3. The summed E-state index contributed by atoms with van der Waals surface area (Å²) in [6.07, 6.45) is 3.84. The molecular formula is C15H21BrFN. The monoisotopic (exact) mass is 313 g/mol. The van der Waals surface area contributed by atoms with Crippen LogP contribution in [-0.4, -0.2) is 6.04 Å². The summed E-state index contributed by atoms with van der Waals surface area (Å²) in [6, 6.07) is 3.90. The number of benzene rings is 1. The summed E-state index contributed by atoms with van der Waals surface area (Å²) < 4.78 is 14.2. The summed E-state index contributed by atoms with van der Waals surface area (Å²) in [5.41, 5.74) is 2.02. The molecule has 100 valence electrons. The van der Waals surface area contributed by atoms with Gasteiger partial charge in [0.2, 0.25) is 0 Å². The van der Waals surface area contributed by atoms with Crippen LogP contribution >= 0.6 is 15.9 Å². The Labute approximate surface area is 117 Å². The minimum atomic E-state index is -0.195. The predicted octanol–water partition coefficient (Wildman–Crippen LogP) is 5.13. The lowest BCUT2D eigenvalue weighted by atomic mass is 9.78. The molecule has 3 heteroatoms. The third-order valence-corrected chi connectivity index (χ3v) is 4.74. The third-order valence-electron chi connectivity index (χ3n) is 4.13. The molecule has 0 bridgehead atoms. The van der Waals surface area contributed by atoms with E-state index in [1.54, 1.807) is 6.07 Å². The van der Waals surface area contributed by atoms with E-state index in [9.17, 15) is 4.39 Å². The zero-order valence-corrected chi connectivity index (χ0v) is 12.8. The first-order valence-corrected chi connectivity index (χ1v) is 7.50. The van der Waals surface area contributed by atoms with Crippen molar-refractivity contribution in [3.63, 3.8) is 0 Å². The number of hydrogen-bond donors (Lipinski definition) is 1. The summed E-state index contributed by atoms with van der Waals surface area (Å²) in [4.78, 5) is 0. The second-order valence-electron chi connectivity index (χ2n) is 5.64. The van der Waals surface area contributed by atoms with Crippen molar-refractivity contribution in [3.8, 4) is 0 Å². The van der Waals surface area contributed by atoms with Crippen molar-refractivity contribution < 1.29 is 4.39 Å². The van der Waals surface area contributed by atoms with Gasteiger partial charge in [-0.15, -0.1) is 0 Å². The quantitative estimate of drug-likeness (QED) is 0.797. The van der Waals surface area contributed by atoms with Gasteiger partial charge in [-0.1, -0.05) is 20.3 Å². The normalized spacial score (nSPS) is 28.2. The van der Waals surface area contributed by atoms with Crippen LogP contribution in [0.25, 0.3) is 0 Å². The van der Waals surface area contributed by atoms with Gasteiger partial charge in [0.1, 0.15) is 5.82 Å². The first-order chi connectivity index (χ1) is 8.49. The molecular weight excluding hydrogens is 293 g/mol. The Bertz CT molecular complexity index is 423. The summed E-state index contributed by atoms with van der Waals surface area (Å²) in [5, 5.41) is 3.56. The minimum absolute atomic E-state index is 0.195. The zero-order chi connectivity index (χ0) is 13.3. The fourth-order valence-corrected chi connectivity index (χ4v) is 3.41. The van der Waals surface area contributed by atoms with Gasteiger partial charge in [-0.05, 0) is 65.2 Å². The average molecular weight is 314 g/mol. The van der Waals surface area contributed by atoms with Crippen molar-refractivity contribution in [2.24, 2.45) is 11.8 Å². The Balaban J connectivity index is 2.20. The Morgan fingerprint density at radius 3 is 2.44 bits per heavy atom. The van der Waals surface area contributed by atoms with Gasteiger partial charge in [-0.25, -0.2) is 4.39 Å². The first kappa shape index (κ1) is 13.9. The molecule has 2 unspecified atom stereocenters. The second kappa shape index (κ2) is 5.60. The number of aryl methyl sites for hydroxylation is 1. The van der Waals surface area contributed by atoms with E-state index in [1.807, 2.05) is 13.0 Å². The molecule has 1 aromatic rings. The molecule has 0 saturated heterocycles. The predicted molar refractivity (Wildman–Crippen MR) is 78.4 cm³/mol. The van der Waals surface area contributed by atoms with Crippen LogP contribution in [0.2, 0.25) is 0 Å². The molecule has 0 amide bonds. The van der Waals surface area contributed by atoms with E-state index in [0.29, 0.717) is 22.4 Å². The summed E-state index contributed by atoms with van der Waals surface area (Å²) in [7, 11) is 0. The Morgan fingerprint density at radius 1 is 1.22 bits per heavy atom. The van der Waals surface area contributed by atoms with E-state index >= 15 is 0 Å². The topological polar surface area (TPSA) is 12.0 Å². The van der Waals surface area contributed by atoms with Crippen molar-refractivity contribution in [2.45, 2.75) is 46.1 Å². The van der Waals surface area contributed by atoms with Crippen molar-refractivity contribution in [1.82, 2.24) is 0 Å². The molecule has 1 aromatic carbocycles. The smallest absolute Gasteiger partial charge is 0.139 e. The third kappa shape index (κ3) is 2.87. The van der Waals surface area contributed by atoms with Gasteiger partial charge in [-0.2, -0.15) is 0 Å². The number of halogens is 2. The van der Waals surface area contributed by atoms with E-state index in [0.717, 1.165) is 11.3 Å².